The lowest BCUT2D eigenvalue weighted by Gasteiger charge is -2.15. The molecular weight excluding hydrogens is 556 g/mol. The van der Waals surface area contributed by atoms with Crippen molar-refractivity contribution in [1.82, 2.24) is 10.2 Å². The minimum absolute atomic E-state index is 0.0116. The van der Waals surface area contributed by atoms with Crippen LogP contribution in [0.25, 0.3) is 6.08 Å². The van der Waals surface area contributed by atoms with Crippen molar-refractivity contribution in [2.45, 2.75) is 13.2 Å². The Morgan fingerprint density at radius 1 is 1.14 bits per heavy atom. The zero-order chi connectivity index (χ0) is 25.8. The third-order valence-corrected chi connectivity index (χ3v) is 5.94. The summed E-state index contributed by atoms with van der Waals surface area (Å²) in [5.41, 5.74) is 1.36. The van der Waals surface area contributed by atoms with Gasteiger partial charge in [0.05, 0.1) is 20.8 Å². The van der Waals surface area contributed by atoms with Gasteiger partial charge in [0, 0.05) is 21.1 Å². The number of esters is 1. The number of imide groups is 1. The molecule has 3 aromatic rings. The lowest BCUT2D eigenvalue weighted by molar-refractivity contribution is -0.123. The number of nitrogens with zero attached hydrogens (tertiary/aromatic N) is 1. The molecule has 9 nitrogen and oxygen atoms in total. The fourth-order valence-electron chi connectivity index (χ4n) is 3.44. The summed E-state index contributed by atoms with van der Waals surface area (Å²) in [5.74, 6) is -0.326. The van der Waals surface area contributed by atoms with E-state index in [0.717, 1.165) is 14.9 Å². The second-order valence-corrected chi connectivity index (χ2v) is 8.93. The second-order valence-electron chi connectivity index (χ2n) is 7.58. The van der Waals surface area contributed by atoms with Crippen LogP contribution in [-0.2, 0) is 22.7 Å². The van der Waals surface area contributed by atoms with E-state index in [1.165, 1.54) is 32.4 Å². The number of halogens is 2. The van der Waals surface area contributed by atoms with E-state index in [9.17, 15) is 14.4 Å². The van der Waals surface area contributed by atoms with Crippen molar-refractivity contribution in [2.75, 3.05) is 14.2 Å². The number of ether oxygens (including phenoxy) is 3. The highest BCUT2D eigenvalue weighted by Crippen LogP contribution is 2.37. The first kappa shape index (κ1) is 25.3. The van der Waals surface area contributed by atoms with Crippen LogP contribution in [0.3, 0.4) is 0 Å². The molecule has 0 spiro atoms. The van der Waals surface area contributed by atoms with E-state index >= 15 is 0 Å². The molecule has 36 heavy (non-hydrogen) atoms. The smallest absolute Gasteiger partial charge is 0.373 e. The zero-order valence-electron chi connectivity index (χ0n) is 19.2. The van der Waals surface area contributed by atoms with Crippen molar-refractivity contribution in [3.63, 3.8) is 0 Å². The summed E-state index contributed by atoms with van der Waals surface area (Å²) in [6, 6.07) is 13.1. The van der Waals surface area contributed by atoms with Crippen LogP contribution < -0.4 is 14.8 Å². The molecule has 2 heterocycles. The fourth-order valence-corrected chi connectivity index (χ4v) is 3.92. The van der Waals surface area contributed by atoms with Crippen molar-refractivity contribution in [3.05, 3.63) is 86.4 Å². The molecule has 1 fully saturated rings. The number of furan rings is 1. The number of benzene rings is 2. The van der Waals surface area contributed by atoms with Gasteiger partial charge in [-0.2, -0.15) is 0 Å². The summed E-state index contributed by atoms with van der Waals surface area (Å²) in [6.45, 7) is 0.0552. The molecule has 3 amide bonds. The number of urea groups is 1. The minimum atomic E-state index is -0.662. The number of nitrogens with one attached hydrogen (secondary N) is 1. The first-order valence-corrected chi connectivity index (χ1v) is 11.7. The molecular formula is C25H20BrClN2O7. The molecule has 2 aromatic carbocycles. The average Bonchev–Trinajstić information content (AvgIpc) is 3.44. The van der Waals surface area contributed by atoms with Gasteiger partial charge in [-0.1, -0.05) is 39.7 Å². The van der Waals surface area contributed by atoms with Crippen molar-refractivity contribution in [2.24, 2.45) is 0 Å². The quantitative estimate of drug-likeness (QED) is 0.225. The Labute approximate surface area is 219 Å². The van der Waals surface area contributed by atoms with E-state index in [0.29, 0.717) is 22.1 Å². The van der Waals surface area contributed by atoms with E-state index in [4.69, 9.17) is 25.5 Å². The topological polar surface area (TPSA) is 107 Å². The van der Waals surface area contributed by atoms with Crippen LogP contribution in [0.5, 0.6) is 11.5 Å². The van der Waals surface area contributed by atoms with Gasteiger partial charge in [-0.25, -0.2) is 9.59 Å². The maximum Gasteiger partial charge on any atom is 0.373 e. The van der Waals surface area contributed by atoms with Gasteiger partial charge in [0.15, 0.2) is 11.5 Å². The van der Waals surface area contributed by atoms with Crippen molar-refractivity contribution >= 4 is 51.5 Å². The van der Waals surface area contributed by atoms with Gasteiger partial charge in [-0.3, -0.25) is 9.69 Å². The molecule has 11 heteroatoms. The summed E-state index contributed by atoms with van der Waals surface area (Å²) in [7, 11) is 2.70. The normalized spacial score (nSPS) is 14.2. The van der Waals surface area contributed by atoms with E-state index in [-0.39, 0.29) is 30.4 Å². The molecule has 0 aliphatic carbocycles. The molecule has 0 atom stereocenters. The van der Waals surface area contributed by atoms with Gasteiger partial charge in [0.2, 0.25) is 5.76 Å². The molecule has 1 saturated heterocycles. The van der Waals surface area contributed by atoms with Crippen molar-refractivity contribution < 1.29 is 33.0 Å². The number of carbonyl (C=O) groups is 3. The molecule has 0 radical (unpaired) electrons. The van der Waals surface area contributed by atoms with Crippen molar-refractivity contribution in [1.29, 1.82) is 0 Å². The standard InChI is InChI=1S/C25H20BrClN2O7/c1-33-21-11-17(27)9-15(22(21)35-13-14-3-5-16(26)6-4-14)10-19-23(30)29(25(32)28-19)12-18-7-8-20(36-18)24(31)34-2/h3-11H,12-13H2,1-2H3,(H,28,32)/b19-10+. The van der Waals surface area contributed by atoms with E-state index in [2.05, 4.69) is 26.0 Å². The SMILES string of the molecule is COC(=O)c1ccc(CN2C(=O)N/C(=C/c3cc(Cl)cc(OC)c3OCc3ccc(Br)cc3)C2=O)o1. The molecule has 0 bridgehead atoms. The van der Waals surface area contributed by atoms with Gasteiger partial charge >= 0.3 is 12.0 Å². The summed E-state index contributed by atoms with van der Waals surface area (Å²) < 4.78 is 22.4. The highest BCUT2D eigenvalue weighted by molar-refractivity contribution is 9.10. The number of hydrogen-bond acceptors (Lipinski definition) is 7. The zero-order valence-corrected chi connectivity index (χ0v) is 21.5. The number of hydrogen-bond donors (Lipinski definition) is 1. The Morgan fingerprint density at radius 3 is 2.58 bits per heavy atom. The Kier molecular flexibility index (Phi) is 7.66. The van der Waals surface area contributed by atoms with Crippen LogP contribution in [0.1, 0.15) is 27.4 Å². The van der Waals surface area contributed by atoms with Gasteiger partial charge in [0.25, 0.3) is 5.91 Å². The van der Waals surface area contributed by atoms with Gasteiger partial charge < -0.3 is 23.9 Å². The maximum absolute atomic E-state index is 13.0. The van der Waals surface area contributed by atoms with Crippen LogP contribution in [0.4, 0.5) is 4.79 Å². The lowest BCUT2D eigenvalue weighted by atomic mass is 10.1. The minimum Gasteiger partial charge on any atom is -0.493 e. The van der Waals surface area contributed by atoms with Gasteiger partial charge in [-0.15, -0.1) is 0 Å². The first-order valence-electron chi connectivity index (χ1n) is 10.6. The number of methoxy groups -OCH3 is 2. The van der Waals surface area contributed by atoms with E-state index in [1.54, 1.807) is 12.1 Å². The summed E-state index contributed by atoms with van der Waals surface area (Å²) >= 11 is 9.66. The molecule has 1 aliphatic heterocycles. The van der Waals surface area contributed by atoms with Crippen molar-refractivity contribution in [3.8, 4) is 11.5 Å². The van der Waals surface area contributed by atoms with Crippen LogP contribution in [0.2, 0.25) is 5.02 Å². The highest BCUT2D eigenvalue weighted by atomic mass is 79.9. The molecule has 4 rings (SSSR count). The summed E-state index contributed by atoms with van der Waals surface area (Å²) in [6.07, 6.45) is 1.47. The Hall–Kier alpha value is -3.76. The second kappa shape index (κ2) is 10.9. The monoisotopic (exact) mass is 574 g/mol. The predicted molar refractivity (Wildman–Crippen MR) is 134 cm³/mol. The first-order chi connectivity index (χ1) is 17.3. The third kappa shape index (κ3) is 5.55. The molecule has 1 N–H and O–H groups in total. The average molecular weight is 576 g/mol. The maximum atomic E-state index is 13.0. The fraction of sp³-hybridized carbons (Fsp3) is 0.160. The Morgan fingerprint density at radius 2 is 1.89 bits per heavy atom. The number of amides is 3. The highest BCUT2D eigenvalue weighted by Gasteiger charge is 2.34. The molecule has 0 unspecified atom stereocenters. The largest absolute Gasteiger partial charge is 0.493 e. The Balaban J connectivity index is 1.59. The summed E-state index contributed by atoms with van der Waals surface area (Å²) in [4.78, 5) is 38.1. The molecule has 1 aromatic heterocycles. The lowest BCUT2D eigenvalue weighted by Crippen LogP contribution is -2.30. The van der Waals surface area contributed by atoms with Gasteiger partial charge in [-0.05, 0) is 42.0 Å². The van der Waals surface area contributed by atoms with Gasteiger partial charge in [0.1, 0.15) is 18.1 Å². The third-order valence-electron chi connectivity index (χ3n) is 5.19. The number of rotatable bonds is 8. The summed E-state index contributed by atoms with van der Waals surface area (Å²) in [5, 5.41) is 2.90. The van der Waals surface area contributed by atoms with Crippen LogP contribution in [0, 0.1) is 0 Å². The molecule has 0 saturated carbocycles. The van der Waals surface area contributed by atoms with Crippen LogP contribution in [0.15, 0.2) is 63.1 Å². The van der Waals surface area contributed by atoms with Crippen LogP contribution in [-0.4, -0.2) is 37.0 Å². The van der Waals surface area contributed by atoms with E-state index < -0.39 is 17.9 Å². The predicted octanol–water partition coefficient (Wildman–Crippen LogP) is 5.16. The molecule has 1 aliphatic rings. The van der Waals surface area contributed by atoms with Crippen LogP contribution >= 0.6 is 27.5 Å². The number of carbonyl (C=O) groups excluding carboxylic acids is 3. The van der Waals surface area contributed by atoms with E-state index in [1.807, 2.05) is 24.3 Å². The Bertz CT molecular complexity index is 1350. The molecule has 186 valence electrons.